The summed E-state index contributed by atoms with van der Waals surface area (Å²) >= 11 is 0. The van der Waals surface area contributed by atoms with Crippen molar-refractivity contribution in [3.63, 3.8) is 0 Å². The molecule has 3 aromatic carbocycles. The van der Waals surface area contributed by atoms with E-state index in [1.807, 2.05) is 24.3 Å². The van der Waals surface area contributed by atoms with Crippen LogP contribution in [0.3, 0.4) is 0 Å². The summed E-state index contributed by atoms with van der Waals surface area (Å²) in [5.41, 5.74) is 3.50. The number of hydrogen-bond donors (Lipinski definition) is 0. The van der Waals surface area contributed by atoms with Crippen molar-refractivity contribution in [3.05, 3.63) is 107 Å². The van der Waals surface area contributed by atoms with E-state index in [1.54, 1.807) is 0 Å². The van der Waals surface area contributed by atoms with Gasteiger partial charge in [-0.25, -0.2) is 4.39 Å². The molecule has 0 bridgehead atoms. The van der Waals surface area contributed by atoms with Crippen molar-refractivity contribution < 1.29 is 13.9 Å². The zero-order chi connectivity index (χ0) is 22.9. The van der Waals surface area contributed by atoms with Crippen molar-refractivity contribution in [3.8, 4) is 0 Å². The zero-order valence-corrected chi connectivity index (χ0v) is 19.4. The van der Waals surface area contributed by atoms with Crippen LogP contribution in [0.2, 0.25) is 0 Å². The first-order valence-corrected chi connectivity index (χ1v) is 12.0. The molecule has 1 fully saturated rings. The number of piperidine rings is 1. The molecule has 0 saturated carbocycles. The van der Waals surface area contributed by atoms with E-state index in [0.29, 0.717) is 19.1 Å². The third-order valence-corrected chi connectivity index (χ3v) is 6.46. The molecule has 174 valence electrons. The van der Waals surface area contributed by atoms with Gasteiger partial charge >= 0.3 is 0 Å². The van der Waals surface area contributed by atoms with Crippen LogP contribution in [-0.4, -0.2) is 37.3 Å². The van der Waals surface area contributed by atoms with E-state index < -0.39 is 0 Å². The second kappa shape index (κ2) is 12.1. The van der Waals surface area contributed by atoms with Gasteiger partial charge < -0.3 is 9.47 Å². The monoisotopic (exact) mass is 447 g/mol. The van der Waals surface area contributed by atoms with Gasteiger partial charge in [0.15, 0.2) is 0 Å². The second-order valence-electron chi connectivity index (χ2n) is 8.77. The first kappa shape index (κ1) is 23.6. The van der Waals surface area contributed by atoms with Gasteiger partial charge in [0.2, 0.25) is 0 Å². The van der Waals surface area contributed by atoms with Crippen molar-refractivity contribution in [1.82, 2.24) is 4.90 Å². The molecule has 0 amide bonds. The fraction of sp³-hybridized carbons (Fsp3) is 0.379. The molecule has 1 heterocycles. The number of nitrogens with zero attached hydrogens (tertiary/aromatic N) is 1. The molecule has 0 spiro atoms. The average Bonchev–Trinajstić information content (AvgIpc) is 2.86. The van der Waals surface area contributed by atoms with Gasteiger partial charge in [-0.3, -0.25) is 4.90 Å². The van der Waals surface area contributed by atoms with Crippen LogP contribution in [0, 0.1) is 11.7 Å². The van der Waals surface area contributed by atoms with E-state index in [9.17, 15) is 4.39 Å². The maximum atomic E-state index is 13.2. The van der Waals surface area contributed by atoms with E-state index >= 15 is 0 Å². The fourth-order valence-electron chi connectivity index (χ4n) is 4.73. The highest BCUT2D eigenvalue weighted by atomic mass is 19.1. The molecule has 4 heteroatoms. The van der Waals surface area contributed by atoms with Crippen molar-refractivity contribution in [2.45, 2.75) is 38.5 Å². The molecule has 4 rings (SSSR count). The minimum Gasteiger partial charge on any atom is -0.377 e. The maximum Gasteiger partial charge on any atom is 0.123 e. The molecule has 0 radical (unpaired) electrons. The summed E-state index contributed by atoms with van der Waals surface area (Å²) in [6, 6.07) is 27.7. The van der Waals surface area contributed by atoms with Crippen LogP contribution in [0.15, 0.2) is 84.9 Å². The lowest BCUT2D eigenvalue weighted by atomic mass is 9.90. The summed E-state index contributed by atoms with van der Waals surface area (Å²) in [4.78, 5) is 2.42. The number of rotatable bonds is 10. The minimum absolute atomic E-state index is 0.0588. The Morgan fingerprint density at radius 3 is 2.15 bits per heavy atom. The maximum absolute atomic E-state index is 13.2. The highest BCUT2D eigenvalue weighted by Crippen LogP contribution is 2.29. The summed E-state index contributed by atoms with van der Waals surface area (Å²) in [6.07, 6.45) is 2.19. The van der Waals surface area contributed by atoms with E-state index in [-0.39, 0.29) is 18.0 Å². The summed E-state index contributed by atoms with van der Waals surface area (Å²) in [5.74, 6) is 0.288. The Bertz CT molecular complexity index is 909. The summed E-state index contributed by atoms with van der Waals surface area (Å²) in [6.45, 7) is 6.22. The largest absolute Gasteiger partial charge is 0.377 e. The van der Waals surface area contributed by atoms with Crippen LogP contribution in [-0.2, 0) is 16.0 Å². The van der Waals surface area contributed by atoms with Crippen molar-refractivity contribution >= 4 is 0 Å². The number of likely N-dealkylation sites (tertiary alicyclic amines) is 1. The Labute approximate surface area is 197 Å². The Kier molecular flexibility index (Phi) is 8.65. The quantitative estimate of drug-likeness (QED) is 0.367. The normalized spacial score (nSPS) is 19.1. The minimum atomic E-state index is -0.186. The molecule has 3 nitrogen and oxygen atoms in total. The first-order valence-electron chi connectivity index (χ1n) is 12.0. The number of benzene rings is 3. The Hall–Kier alpha value is -2.53. The molecule has 0 N–H and O–H groups in total. The molecule has 0 aliphatic carbocycles. The average molecular weight is 448 g/mol. The summed E-state index contributed by atoms with van der Waals surface area (Å²) in [5, 5.41) is 0. The highest BCUT2D eigenvalue weighted by molar-refractivity contribution is 5.29. The molecular formula is C29H34FNO2. The van der Waals surface area contributed by atoms with E-state index in [0.717, 1.165) is 38.0 Å². The predicted octanol–water partition coefficient (Wildman–Crippen LogP) is 6.25. The molecule has 1 saturated heterocycles. The van der Waals surface area contributed by atoms with Gasteiger partial charge in [0.25, 0.3) is 0 Å². The highest BCUT2D eigenvalue weighted by Gasteiger charge is 2.30. The van der Waals surface area contributed by atoms with Crippen LogP contribution in [0.25, 0.3) is 0 Å². The lowest BCUT2D eigenvalue weighted by Gasteiger charge is -2.38. The summed E-state index contributed by atoms with van der Waals surface area (Å²) < 4.78 is 25.8. The zero-order valence-electron chi connectivity index (χ0n) is 19.4. The smallest absolute Gasteiger partial charge is 0.123 e. The topological polar surface area (TPSA) is 21.7 Å². The van der Waals surface area contributed by atoms with Crippen LogP contribution in [0.5, 0.6) is 0 Å². The molecule has 2 unspecified atom stereocenters. The van der Waals surface area contributed by atoms with Gasteiger partial charge in [0.05, 0.1) is 6.10 Å². The van der Waals surface area contributed by atoms with Gasteiger partial charge in [-0.1, -0.05) is 72.8 Å². The van der Waals surface area contributed by atoms with Gasteiger partial charge in [-0.2, -0.15) is 0 Å². The first-order chi connectivity index (χ1) is 16.2. The van der Waals surface area contributed by atoms with Crippen molar-refractivity contribution in [2.24, 2.45) is 5.92 Å². The predicted molar refractivity (Wildman–Crippen MR) is 130 cm³/mol. The molecule has 1 aliphatic heterocycles. The van der Waals surface area contributed by atoms with E-state index in [4.69, 9.17) is 9.47 Å². The van der Waals surface area contributed by atoms with Crippen LogP contribution >= 0.6 is 0 Å². The van der Waals surface area contributed by atoms with E-state index in [1.165, 1.54) is 23.3 Å². The molecule has 3 aromatic rings. The molecular weight excluding hydrogens is 413 g/mol. The van der Waals surface area contributed by atoms with Crippen molar-refractivity contribution in [2.75, 3.05) is 26.3 Å². The Balaban J connectivity index is 1.35. The number of halogens is 1. The van der Waals surface area contributed by atoms with Crippen LogP contribution in [0.1, 0.15) is 42.6 Å². The molecule has 0 aromatic heterocycles. The molecule has 33 heavy (non-hydrogen) atoms. The fourth-order valence-corrected chi connectivity index (χ4v) is 4.73. The number of ether oxygens (including phenoxy) is 2. The SMILES string of the molecule is CCOC1CN(Cc2ccc(F)cc2)CCC1CCOC(c1ccccc1)c1ccccc1. The second-order valence-corrected chi connectivity index (χ2v) is 8.77. The third-order valence-electron chi connectivity index (χ3n) is 6.46. The molecule has 2 atom stereocenters. The molecule has 1 aliphatic rings. The number of hydrogen-bond acceptors (Lipinski definition) is 3. The Morgan fingerprint density at radius 1 is 0.909 bits per heavy atom. The van der Waals surface area contributed by atoms with Gasteiger partial charge in [0, 0.05) is 26.3 Å². The lowest BCUT2D eigenvalue weighted by Crippen LogP contribution is -2.45. The third kappa shape index (κ3) is 6.73. The lowest BCUT2D eigenvalue weighted by molar-refractivity contribution is -0.0475. The van der Waals surface area contributed by atoms with Crippen LogP contribution in [0.4, 0.5) is 4.39 Å². The summed E-state index contributed by atoms with van der Waals surface area (Å²) in [7, 11) is 0. The standard InChI is InChI=1S/C29H34FNO2/c1-2-32-28-22-31(21-23-13-15-27(30)16-14-23)19-17-24(28)18-20-33-29(25-9-5-3-6-10-25)26-11-7-4-8-12-26/h3-16,24,28-29H,2,17-22H2,1H3. The van der Waals surface area contributed by atoms with Gasteiger partial charge in [-0.15, -0.1) is 0 Å². The van der Waals surface area contributed by atoms with Crippen molar-refractivity contribution in [1.29, 1.82) is 0 Å². The van der Waals surface area contributed by atoms with Gasteiger partial charge in [-0.05, 0) is 61.1 Å². The van der Waals surface area contributed by atoms with E-state index in [2.05, 4.69) is 60.4 Å². The Morgan fingerprint density at radius 2 is 1.55 bits per heavy atom. The van der Waals surface area contributed by atoms with Crippen LogP contribution < -0.4 is 0 Å². The van der Waals surface area contributed by atoms with Gasteiger partial charge in [0.1, 0.15) is 11.9 Å².